The first-order valence-corrected chi connectivity index (χ1v) is 5.35. The Balaban J connectivity index is 2.89. The van der Waals surface area contributed by atoms with E-state index in [0.29, 0.717) is 5.82 Å². The number of imidazole rings is 1. The molecule has 0 spiro atoms. The molecule has 1 heterocycles. The van der Waals surface area contributed by atoms with Gasteiger partial charge in [-0.05, 0) is 0 Å². The SMILES string of the molecule is Cn1ccnc1CS(=O)(=O)Cl. The molecule has 0 fully saturated rings. The second-order valence-electron chi connectivity index (χ2n) is 2.14. The van der Waals surface area contributed by atoms with E-state index in [9.17, 15) is 8.42 Å². The van der Waals surface area contributed by atoms with Gasteiger partial charge in [-0.25, -0.2) is 13.4 Å². The van der Waals surface area contributed by atoms with Gasteiger partial charge in [-0.15, -0.1) is 0 Å². The maximum absolute atomic E-state index is 10.6. The van der Waals surface area contributed by atoms with Gasteiger partial charge in [0.1, 0.15) is 11.6 Å². The van der Waals surface area contributed by atoms with Crippen LogP contribution in [0.5, 0.6) is 0 Å². The lowest BCUT2D eigenvalue weighted by Crippen LogP contribution is -2.02. The average Bonchev–Trinajstić information content (AvgIpc) is 2.12. The zero-order valence-corrected chi connectivity index (χ0v) is 7.43. The quantitative estimate of drug-likeness (QED) is 0.644. The Labute approximate surface area is 69.2 Å². The lowest BCUT2D eigenvalue weighted by atomic mass is 10.7. The van der Waals surface area contributed by atoms with Gasteiger partial charge in [0.05, 0.1) is 0 Å². The molecule has 11 heavy (non-hydrogen) atoms. The molecule has 0 saturated heterocycles. The summed E-state index contributed by atoms with van der Waals surface area (Å²) in [5.41, 5.74) is 0. The Morgan fingerprint density at radius 1 is 1.73 bits per heavy atom. The van der Waals surface area contributed by atoms with E-state index < -0.39 is 9.05 Å². The molecule has 0 saturated carbocycles. The van der Waals surface area contributed by atoms with Crippen molar-refractivity contribution in [2.75, 3.05) is 0 Å². The van der Waals surface area contributed by atoms with E-state index in [1.165, 1.54) is 6.20 Å². The standard InChI is InChI=1S/C5H7ClN2O2S/c1-8-3-2-7-5(8)4-11(6,9)10/h2-3H,4H2,1H3. The predicted molar refractivity (Wildman–Crippen MR) is 41.7 cm³/mol. The summed E-state index contributed by atoms with van der Waals surface area (Å²) >= 11 is 0. The normalized spacial score (nSPS) is 11.8. The van der Waals surface area contributed by atoms with Crippen LogP contribution >= 0.6 is 10.7 Å². The van der Waals surface area contributed by atoms with Gasteiger partial charge in [-0.1, -0.05) is 0 Å². The van der Waals surface area contributed by atoms with Crippen molar-refractivity contribution in [1.82, 2.24) is 9.55 Å². The van der Waals surface area contributed by atoms with E-state index >= 15 is 0 Å². The summed E-state index contributed by atoms with van der Waals surface area (Å²) in [5.74, 6) is 0.220. The second-order valence-corrected chi connectivity index (χ2v) is 4.91. The van der Waals surface area contributed by atoms with Crippen LogP contribution in [-0.2, 0) is 21.9 Å². The highest BCUT2D eigenvalue weighted by Crippen LogP contribution is 2.05. The van der Waals surface area contributed by atoms with Gasteiger partial charge in [-0.2, -0.15) is 0 Å². The molecule has 0 radical (unpaired) electrons. The molecule has 0 amide bonds. The molecular formula is C5H7ClN2O2S. The number of hydrogen-bond acceptors (Lipinski definition) is 3. The number of aromatic nitrogens is 2. The monoisotopic (exact) mass is 194 g/mol. The molecule has 0 atom stereocenters. The first kappa shape index (κ1) is 8.55. The van der Waals surface area contributed by atoms with Crippen molar-refractivity contribution in [2.45, 2.75) is 5.75 Å². The number of nitrogens with zero attached hydrogens (tertiary/aromatic N) is 2. The van der Waals surface area contributed by atoms with Crippen molar-refractivity contribution >= 4 is 19.7 Å². The van der Waals surface area contributed by atoms with E-state index in [0.717, 1.165) is 0 Å². The highest BCUT2D eigenvalue weighted by atomic mass is 35.7. The molecule has 0 bridgehead atoms. The van der Waals surface area contributed by atoms with Crippen molar-refractivity contribution < 1.29 is 8.42 Å². The fourth-order valence-corrected chi connectivity index (χ4v) is 1.57. The van der Waals surface area contributed by atoms with Gasteiger partial charge in [0.2, 0.25) is 9.05 Å². The van der Waals surface area contributed by atoms with Crippen LogP contribution in [0.25, 0.3) is 0 Å². The molecule has 1 aromatic heterocycles. The summed E-state index contributed by atoms with van der Waals surface area (Å²) in [4.78, 5) is 3.80. The Hall–Kier alpha value is -0.550. The molecule has 0 aliphatic rings. The maximum Gasteiger partial charge on any atom is 0.239 e. The summed E-state index contributed by atoms with van der Waals surface area (Å²) in [7, 11) is 3.25. The molecule has 1 rings (SSSR count). The first-order chi connectivity index (χ1) is 4.99. The Morgan fingerprint density at radius 2 is 2.36 bits per heavy atom. The highest BCUT2D eigenvalue weighted by molar-refractivity contribution is 8.13. The molecule has 6 heteroatoms. The van der Waals surface area contributed by atoms with E-state index in [1.54, 1.807) is 17.8 Å². The Bertz CT molecular complexity index is 343. The van der Waals surface area contributed by atoms with Crippen LogP contribution in [0.2, 0.25) is 0 Å². The minimum absolute atomic E-state index is 0.224. The maximum atomic E-state index is 10.6. The van der Waals surface area contributed by atoms with Crippen LogP contribution in [0.3, 0.4) is 0 Å². The third-order valence-corrected chi connectivity index (χ3v) is 2.15. The highest BCUT2D eigenvalue weighted by Gasteiger charge is 2.09. The molecule has 0 unspecified atom stereocenters. The zero-order valence-electron chi connectivity index (χ0n) is 5.86. The van der Waals surface area contributed by atoms with Gasteiger partial charge in [0, 0.05) is 30.1 Å². The molecule has 0 aromatic carbocycles. The molecule has 0 N–H and O–H groups in total. The van der Waals surface area contributed by atoms with Crippen LogP contribution < -0.4 is 0 Å². The van der Waals surface area contributed by atoms with Crippen LogP contribution in [0.4, 0.5) is 0 Å². The van der Waals surface area contributed by atoms with Crippen molar-refractivity contribution in [3.8, 4) is 0 Å². The minimum atomic E-state index is -3.48. The summed E-state index contributed by atoms with van der Waals surface area (Å²) in [6, 6.07) is 0. The van der Waals surface area contributed by atoms with Gasteiger partial charge in [-0.3, -0.25) is 0 Å². The molecule has 0 aliphatic heterocycles. The minimum Gasteiger partial charge on any atom is -0.337 e. The van der Waals surface area contributed by atoms with Gasteiger partial charge >= 0.3 is 0 Å². The number of rotatable bonds is 2. The van der Waals surface area contributed by atoms with E-state index in [2.05, 4.69) is 4.98 Å². The summed E-state index contributed by atoms with van der Waals surface area (Å²) in [5, 5.41) is 0. The second kappa shape index (κ2) is 2.83. The van der Waals surface area contributed by atoms with E-state index in [-0.39, 0.29) is 5.75 Å². The molecule has 0 aliphatic carbocycles. The zero-order chi connectivity index (χ0) is 8.48. The largest absolute Gasteiger partial charge is 0.337 e. The topological polar surface area (TPSA) is 52.0 Å². The van der Waals surface area contributed by atoms with Crippen LogP contribution in [-0.4, -0.2) is 18.0 Å². The molecule has 1 aromatic rings. The van der Waals surface area contributed by atoms with Crippen LogP contribution in [0.15, 0.2) is 12.4 Å². The van der Waals surface area contributed by atoms with Crippen molar-refractivity contribution in [3.63, 3.8) is 0 Å². The Kier molecular flexibility index (Phi) is 2.20. The summed E-state index contributed by atoms with van der Waals surface area (Å²) in [6.45, 7) is 0. The fourth-order valence-electron chi connectivity index (χ4n) is 0.690. The number of hydrogen-bond donors (Lipinski definition) is 0. The number of aryl methyl sites for hydroxylation is 1. The third-order valence-electron chi connectivity index (χ3n) is 1.22. The van der Waals surface area contributed by atoms with Crippen molar-refractivity contribution in [3.05, 3.63) is 18.2 Å². The first-order valence-electron chi connectivity index (χ1n) is 2.87. The lowest BCUT2D eigenvalue weighted by molar-refractivity contribution is 0.606. The van der Waals surface area contributed by atoms with E-state index in [4.69, 9.17) is 10.7 Å². The fraction of sp³-hybridized carbons (Fsp3) is 0.400. The van der Waals surface area contributed by atoms with Crippen LogP contribution in [0, 0.1) is 0 Å². The average molecular weight is 195 g/mol. The Morgan fingerprint density at radius 3 is 2.73 bits per heavy atom. The smallest absolute Gasteiger partial charge is 0.239 e. The third kappa shape index (κ3) is 2.51. The number of halogens is 1. The van der Waals surface area contributed by atoms with Gasteiger partial charge in [0.25, 0.3) is 0 Å². The summed E-state index contributed by atoms with van der Waals surface area (Å²) < 4.78 is 22.7. The van der Waals surface area contributed by atoms with Crippen molar-refractivity contribution in [2.24, 2.45) is 7.05 Å². The molecule has 4 nitrogen and oxygen atoms in total. The van der Waals surface area contributed by atoms with E-state index in [1.807, 2.05) is 0 Å². The van der Waals surface area contributed by atoms with Gasteiger partial charge in [0.15, 0.2) is 0 Å². The summed E-state index contributed by atoms with van der Waals surface area (Å²) in [6.07, 6.45) is 3.19. The predicted octanol–water partition coefficient (Wildman–Crippen LogP) is 0.489. The van der Waals surface area contributed by atoms with Gasteiger partial charge < -0.3 is 4.57 Å². The van der Waals surface area contributed by atoms with Crippen LogP contribution in [0.1, 0.15) is 5.82 Å². The molecule has 62 valence electrons. The van der Waals surface area contributed by atoms with Crippen molar-refractivity contribution in [1.29, 1.82) is 0 Å². The molecular weight excluding hydrogens is 188 g/mol. The lowest BCUT2D eigenvalue weighted by Gasteiger charge is -1.96.